The molecule has 1 aliphatic rings. The van der Waals surface area contributed by atoms with Crippen molar-refractivity contribution in [1.82, 2.24) is 20.2 Å². The van der Waals surface area contributed by atoms with E-state index in [9.17, 15) is 4.79 Å². The van der Waals surface area contributed by atoms with Crippen LogP contribution in [0.4, 0.5) is 5.69 Å². The Hall–Kier alpha value is -3.15. The van der Waals surface area contributed by atoms with Crippen LogP contribution in [-0.2, 0) is 13.0 Å². The van der Waals surface area contributed by atoms with Crippen molar-refractivity contribution in [2.45, 2.75) is 13.0 Å². The summed E-state index contributed by atoms with van der Waals surface area (Å²) in [6.45, 7) is 0.999. The predicted molar refractivity (Wildman–Crippen MR) is 103 cm³/mol. The maximum absolute atomic E-state index is 11.7. The molecule has 2 aromatic heterocycles. The lowest BCUT2D eigenvalue weighted by Gasteiger charge is -2.30. The van der Waals surface area contributed by atoms with Crippen molar-refractivity contribution in [3.63, 3.8) is 0 Å². The Morgan fingerprint density at radius 2 is 2.11 bits per heavy atom. The molecule has 0 atom stereocenters. The number of anilines is 1. The highest BCUT2D eigenvalue weighted by Gasteiger charge is 2.25. The molecule has 140 valence electrons. The average molecular weight is 415 g/mol. The Labute approximate surface area is 169 Å². The number of rotatable bonds is 3. The van der Waals surface area contributed by atoms with E-state index in [1.165, 1.54) is 12.5 Å². The van der Waals surface area contributed by atoms with Crippen molar-refractivity contribution in [3.8, 4) is 17.7 Å². The van der Waals surface area contributed by atoms with Gasteiger partial charge in [-0.2, -0.15) is 10.4 Å². The summed E-state index contributed by atoms with van der Waals surface area (Å²) < 4.78 is 5.89. The third-order valence-electron chi connectivity index (χ3n) is 4.38. The van der Waals surface area contributed by atoms with Gasteiger partial charge in [0.25, 0.3) is 5.56 Å². The van der Waals surface area contributed by atoms with Gasteiger partial charge < -0.3 is 9.64 Å². The van der Waals surface area contributed by atoms with Crippen LogP contribution in [0.2, 0.25) is 10.0 Å². The van der Waals surface area contributed by atoms with Crippen LogP contribution in [-0.4, -0.2) is 26.7 Å². The van der Waals surface area contributed by atoms with E-state index in [0.29, 0.717) is 42.4 Å². The third kappa shape index (κ3) is 3.26. The summed E-state index contributed by atoms with van der Waals surface area (Å²) in [6.07, 6.45) is 3.49. The van der Waals surface area contributed by atoms with Crippen LogP contribution in [0, 0.1) is 11.3 Å². The second-order valence-electron chi connectivity index (χ2n) is 6.01. The lowest BCUT2D eigenvalue weighted by atomic mass is 10.1. The molecule has 1 aliphatic heterocycles. The van der Waals surface area contributed by atoms with E-state index in [-0.39, 0.29) is 10.0 Å². The summed E-state index contributed by atoms with van der Waals surface area (Å²) in [5.41, 5.74) is 2.02. The summed E-state index contributed by atoms with van der Waals surface area (Å²) in [7, 11) is 0. The molecule has 8 nitrogen and oxygen atoms in total. The molecule has 0 radical (unpaired) electrons. The molecule has 0 unspecified atom stereocenters. The largest absolute Gasteiger partial charge is 0.437 e. The number of aromatic amines is 1. The monoisotopic (exact) mass is 414 g/mol. The molecule has 0 saturated carbocycles. The summed E-state index contributed by atoms with van der Waals surface area (Å²) >= 11 is 12.3. The first-order valence-electron chi connectivity index (χ1n) is 8.26. The molecule has 3 heterocycles. The highest BCUT2D eigenvalue weighted by molar-refractivity contribution is 6.33. The fourth-order valence-electron chi connectivity index (χ4n) is 2.99. The summed E-state index contributed by atoms with van der Waals surface area (Å²) in [6, 6.07) is 7.00. The Morgan fingerprint density at radius 3 is 2.93 bits per heavy atom. The molecule has 0 amide bonds. The van der Waals surface area contributed by atoms with Gasteiger partial charge in [0.05, 0.1) is 29.7 Å². The van der Waals surface area contributed by atoms with Gasteiger partial charge in [0.2, 0.25) is 5.88 Å². The molecule has 1 aromatic carbocycles. The van der Waals surface area contributed by atoms with Crippen LogP contribution in [0.1, 0.15) is 16.8 Å². The zero-order valence-electron chi connectivity index (χ0n) is 14.3. The van der Waals surface area contributed by atoms with Crippen LogP contribution in [0.5, 0.6) is 11.6 Å². The van der Waals surface area contributed by atoms with Crippen molar-refractivity contribution < 1.29 is 4.74 Å². The number of aromatic nitrogens is 4. The molecule has 0 saturated heterocycles. The van der Waals surface area contributed by atoms with Crippen molar-refractivity contribution in [1.29, 1.82) is 5.26 Å². The minimum Gasteiger partial charge on any atom is -0.437 e. The highest BCUT2D eigenvalue weighted by atomic mass is 35.5. The maximum atomic E-state index is 11.7. The smallest absolute Gasteiger partial charge is 0.285 e. The molecule has 0 fully saturated rings. The summed E-state index contributed by atoms with van der Waals surface area (Å²) in [5, 5.41) is 15.6. The maximum Gasteiger partial charge on any atom is 0.285 e. The van der Waals surface area contributed by atoms with Crippen LogP contribution >= 0.6 is 23.2 Å². The van der Waals surface area contributed by atoms with Crippen molar-refractivity contribution in [3.05, 3.63) is 67.9 Å². The highest BCUT2D eigenvalue weighted by Crippen LogP contribution is 2.35. The number of fused-ring (bicyclic) bond motifs is 1. The van der Waals surface area contributed by atoms with Gasteiger partial charge in [0.1, 0.15) is 28.2 Å². The molecular formula is C18H12Cl2N6O2. The standard InChI is InChI=1S/C18H12Cl2N6O2/c19-15-10(6-21)2-1-3-14(15)28-18-11-4-5-26(8-12(11)22-9-23-18)13-7-24-25-17(27)16(13)20/h1-3,7,9H,4-5,8H2,(H,25,27). The van der Waals surface area contributed by atoms with Crippen LogP contribution in [0.15, 0.2) is 35.5 Å². The number of benzene rings is 1. The zero-order valence-corrected chi connectivity index (χ0v) is 15.8. The number of nitrogens with one attached hydrogen (secondary N) is 1. The Bertz CT molecular complexity index is 1160. The first-order valence-corrected chi connectivity index (χ1v) is 9.01. The predicted octanol–water partition coefficient (Wildman–Crippen LogP) is 3.09. The zero-order chi connectivity index (χ0) is 19.7. The first kappa shape index (κ1) is 18.2. The van der Waals surface area contributed by atoms with Crippen molar-refractivity contribution >= 4 is 28.9 Å². The van der Waals surface area contributed by atoms with E-state index in [0.717, 1.165) is 11.3 Å². The van der Waals surface area contributed by atoms with Gasteiger partial charge in [0.15, 0.2) is 0 Å². The minimum atomic E-state index is -0.441. The quantitative estimate of drug-likeness (QED) is 0.700. The van der Waals surface area contributed by atoms with Gasteiger partial charge in [-0.15, -0.1) is 0 Å². The van der Waals surface area contributed by atoms with E-state index >= 15 is 0 Å². The molecule has 10 heteroatoms. The van der Waals surface area contributed by atoms with Crippen LogP contribution in [0.25, 0.3) is 0 Å². The molecule has 4 rings (SSSR count). The fraction of sp³-hybridized carbons (Fsp3) is 0.167. The number of ether oxygens (including phenoxy) is 1. The third-order valence-corrected chi connectivity index (χ3v) is 5.13. The number of H-pyrrole nitrogens is 1. The topological polar surface area (TPSA) is 108 Å². The lowest BCUT2D eigenvalue weighted by molar-refractivity contribution is 0.449. The number of nitrogens with zero attached hydrogens (tertiary/aromatic N) is 5. The fourth-order valence-corrected chi connectivity index (χ4v) is 3.41. The van der Waals surface area contributed by atoms with Crippen molar-refractivity contribution in [2.75, 3.05) is 11.4 Å². The number of halogens is 2. The van der Waals surface area contributed by atoms with E-state index in [4.69, 9.17) is 33.2 Å². The van der Waals surface area contributed by atoms with E-state index in [2.05, 4.69) is 20.2 Å². The second-order valence-corrected chi connectivity index (χ2v) is 6.76. The minimum absolute atomic E-state index is 0.0871. The average Bonchev–Trinajstić information content (AvgIpc) is 2.71. The number of hydrogen-bond donors (Lipinski definition) is 1. The van der Waals surface area contributed by atoms with Crippen molar-refractivity contribution in [2.24, 2.45) is 0 Å². The van der Waals surface area contributed by atoms with Gasteiger partial charge in [-0.1, -0.05) is 29.3 Å². The number of nitriles is 1. The Balaban J connectivity index is 1.65. The van der Waals surface area contributed by atoms with Gasteiger partial charge in [-0.05, 0) is 18.6 Å². The van der Waals surface area contributed by atoms with Crippen LogP contribution in [0.3, 0.4) is 0 Å². The van der Waals surface area contributed by atoms with Gasteiger partial charge >= 0.3 is 0 Å². The van der Waals surface area contributed by atoms with Gasteiger partial charge in [0, 0.05) is 12.1 Å². The molecular weight excluding hydrogens is 403 g/mol. The van der Waals surface area contributed by atoms with E-state index in [1.807, 2.05) is 11.0 Å². The van der Waals surface area contributed by atoms with Crippen LogP contribution < -0.4 is 15.2 Å². The Kier molecular flexibility index (Phi) is 4.86. The van der Waals surface area contributed by atoms with Gasteiger partial charge in [-0.25, -0.2) is 15.1 Å². The van der Waals surface area contributed by atoms with Gasteiger partial charge in [-0.3, -0.25) is 4.79 Å². The summed E-state index contributed by atoms with van der Waals surface area (Å²) in [4.78, 5) is 22.2. The molecule has 0 aliphatic carbocycles. The first-order chi connectivity index (χ1) is 13.6. The SMILES string of the molecule is N#Cc1cccc(Oc2ncnc3c2CCN(c2cn[nH]c(=O)c2Cl)C3)c1Cl. The Morgan fingerprint density at radius 1 is 1.25 bits per heavy atom. The molecule has 0 spiro atoms. The number of hydrogen-bond acceptors (Lipinski definition) is 7. The lowest BCUT2D eigenvalue weighted by Crippen LogP contribution is -2.33. The van der Waals surface area contributed by atoms with E-state index < -0.39 is 5.56 Å². The molecule has 0 bridgehead atoms. The molecule has 3 aromatic rings. The molecule has 28 heavy (non-hydrogen) atoms. The second kappa shape index (κ2) is 7.46. The van der Waals surface area contributed by atoms with E-state index in [1.54, 1.807) is 18.2 Å². The normalized spacial score (nSPS) is 13.0. The summed E-state index contributed by atoms with van der Waals surface area (Å²) in [5.74, 6) is 0.739. The molecule has 1 N–H and O–H groups in total.